The van der Waals surface area contributed by atoms with Crippen LogP contribution in [-0.2, 0) is 10.0 Å². The Morgan fingerprint density at radius 1 is 1.25 bits per heavy atom. The van der Waals surface area contributed by atoms with Crippen LogP contribution in [0.1, 0.15) is 18.9 Å². The van der Waals surface area contributed by atoms with E-state index in [1.807, 2.05) is 6.92 Å². The number of methoxy groups -OCH3 is 2. The Hall–Kier alpha value is -1.31. The molecule has 0 amide bonds. The number of ether oxygens (including phenoxy) is 2. The lowest BCUT2D eigenvalue weighted by Gasteiger charge is -2.14. The van der Waals surface area contributed by atoms with E-state index >= 15 is 0 Å². The molecule has 7 heteroatoms. The molecular weight excluding hydrogens is 280 g/mol. The Balaban J connectivity index is 3.05. The van der Waals surface area contributed by atoms with Crippen molar-refractivity contribution in [3.05, 3.63) is 17.7 Å². The molecule has 0 aliphatic carbocycles. The topological polar surface area (TPSA) is 90.7 Å². The van der Waals surface area contributed by atoms with Crippen molar-refractivity contribution >= 4 is 10.0 Å². The fourth-order valence-electron chi connectivity index (χ4n) is 1.75. The summed E-state index contributed by atoms with van der Waals surface area (Å²) in [6.45, 7) is 3.84. The molecule has 1 aromatic carbocycles. The molecule has 0 heterocycles. The highest BCUT2D eigenvalue weighted by atomic mass is 32.2. The fraction of sp³-hybridized carbons (Fsp3) is 0.538. The fourth-order valence-corrected chi connectivity index (χ4v) is 3.04. The van der Waals surface area contributed by atoms with E-state index in [0.29, 0.717) is 30.0 Å². The largest absolute Gasteiger partial charge is 0.493 e. The molecule has 1 atom stereocenters. The van der Waals surface area contributed by atoms with Crippen LogP contribution >= 0.6 is 0 Å². The van der Waals surface area contributed by atoms with Gasteiger partial charge >= 0.3 is 0 Å². The first kappa shape index (κ1) is 16.7. The smallest absolute Gasteiger partial charge is 0.240 e. The van der Waals surface area contributed by atoms with Crippen LogP contribution in [0.3, 0.4) is 0 Å². The van der Waals surface area contributed by atoms with E-state index in [1.54, 1.807) is 13.0 Å². The van der Waals surface area contributed by atoms with Gasteiger partial charge in [0, 0.05) is 18.7 Å². The van der Waals surface area contributed by atoms with E-state index in [1.165, 1.54) is 20.3 Å². The summed E-state index contributed by atoms with van der Waals surface area (Å²) in [5, 5.41) is 0. The lowest BCUT2D eigenvalue weighted by Crippen LogP contribution is -2.29. The molecule has 114 valence electrons. The molecule has 0 bridgehead atoms. The minimum atomic E-state index is -3.59. The standard InChI is InChI=1S/C13H22N2O4S/c1-9-7-11(18-3)12(19-4)8-13(9)20(16,17)15-6-5-10(2)14/h7-8,10,15H,5-6,14H2,1-4H3. The molecule has 0 aromatic heterocycles. The maximum atomic E-state index is 12.3. The van der Waals surface area contributed by atoms with Crippen LogP contribution in [0, 0.1) is 6.92 Å². The maximum absolute atomic E-state index is 12.3. The highest BCUT2D eigenvalue weighted by Gasteiger charge is 2.20. The number of nitrogens with one attached hydrogen (secondary N) is 1. The quantitative estimate of drug-likeness (QED) is 0.785. The molecule has 20 heavy (non-hydrogen) atoms. The highest BCUT2D eigenvalue weighted by Crippen LogP contribution is 2.32. The number of benzene rings is 1. The Morgan fingerprint density at radius 2 is 1.80 bits per heavy atom. The minimum absolute atomic E-state index is 0.0517. The van der Waals surface area contributed by atoms with Crippen LogP contribution in [0.4, 0.5) is 0 Å². The van der Waals surface area contributed by atoms with Gasteiger partial charge in [-0.3, -0.25) is 0 Å². The molecule has 0 aliphatic rings. The molecule has 0 radical (unpaired) electrons. The first-order valence-corrected chi connectivity index (χ1v) is 7.78. The van der Waals surface area contributed by atoms with Crippen molar-refractivity contribution in [2.75, 3.05) is 20.8 Å². The second-order valence-corrected chi connectivity index (χ2v) is 6.37. The van der Waals surface area contributed by atoms with Gasteiger partial charge in [0.05, 0.1) is 19.1 Å². The summed E-state index contributed by atoms with van der Waals surface area (Å²) in [6.07, 6.45) is 0.575. The predicted molar refractivity (Wildman–Crippen MR) is 77.7 cm³/mol. The van der Waals surface area contributed by atoms with Crippen LogP contribution in [0.15, 0.2) is 17.0 Å². The van der Waals surface area contributed by atoms with E-state index in [9.17, 15) is 8.42 Å². The van der Waals surface area contributed by atoms with E-state index in [0.717, 1.165) is 0 Å². The normalized spacial score (nSPS) is 13.1. The summed E-state index contributed by atoms with van der Waals surface area (Å²) in [5.41, 5.74) is 6.20. The van der Waals surface area contributed by atoms with E-state index in [4.69, 9.17) is 15.2 Å². The highest BCUT2D eigenvalue weighted by molar-refractivity contribution is 7.89. The summed E-state index contributed by atoms with van der Waals surface area (Å²) in [6, 6.07) is 3.05. The third-order valence-corrected chi connectivity index (χ3v) is 4.47. The van der Waals surface area contributed by atoms with Crippen molar-refractivity contribution in [2.45, 2.75) is 31.2 Å². The van der Waals surface area contributed by atoms with Crippen molar-refractivity contribution in [1.82, 2.24) is 4.72 Å². The molecule has 0 saturated heterocycles. The number of hydrogen-bond donors (Lipinski definition) is 2. The van der Waals surface area contributed by atoms with Gasteiger partial charge in [0.25, 0.3) is 0 Å². The van der Waals surface area contributed by atoms with Crippen LogP contribution < -0.4 is 19.9 Å². The van der Waals surface area contributed by atoms with Gasteiger partial charge in [-0.2, -0.15) is 0 Å². The second kappa shape index (κ2) is 6.92. The van der Waals surface area contributed by atoms with Gasteiger partial charge in [0.2, 0.25) is 10.0 Å². The van der Waals surface area contributed by atoms with Crippen molar-refractivity contribution in [3.8, 4) is 11.5 Å². The SMILES string of the molecule is COc1cc(C)c(S(=O)(=O)NCCC(C)N)cc1OC. The number of aryl methyl sites for hydroxylation is 1. The summed E-state index contributed by atoms with van der Waals surface area (Å²) >= 11 is 0. The van der Waals surface area contributed by atoms with Gasteiger partial charge in [-0.25, -0.2) is 13.1 Å². The Bertz CT molecular complexity index is 556. The molecule has 0 aliphatic heterocycles. The maximum Gasteiger partial charge on any atom is 0.240 e. The van der Waals surface area contributed by atoms with Crippen LogP contribution in [0.2, 0.25) is 0 Å². The number of rotatable bonds is 7. The minimum Gasteiger partial charge on any atom is -0.493 e. The third kappa shape index (κ3) is 4.09. The molecule has 1 rings (SSSR count). The Kier molecular flexibility index (Phi) is 5.79. The molecular formula is C13H22N2O4S. The molecule has 0 spiro atoms. The van der Waals surface area contributed by atoms with Crippen molar-refractivity contribution in [2.24, 2.45) is 5.73 Å². The first-order chi connectivity index (χ1) is 9.31. The zero-order valence-electron chi connectivity index (χ0n) is 12.3. The van der Waals surface area contributed by atoms with Gasteiger partial charge < -0.3 is 15.2 Å². The second-order valence-electron chi connectivity index (χ2n) is 4.64. The molecule has 1 aromatic rings. The number of nitrogens with two attached hydrogens (primary N) is 1. The van der Waals surface area contributed by atoms with Crippen LogP contribution in [0.5, 0.6) is 11.5 Å². The van der Waals surface area contributed by atoms with E-state index in [2.05, 4.69) is 4.72 Å². The van der Waals surface area contributed by atoms with Gasteiger partial charge in [0.15, 0.2) is 11.5 Å². The van der Waals surface area contributed by atoms with Gasteiger partial charge in [-0.15, -0.1) is 0 Å². The number of hydrogen-bond acceptors (Lipinski definition) is 5. The van der Waals surface area contributed by atoms with Gasteiger partial charge in [-0.1, -0.05) is 0 Å². The Morgan fingerprint density at radius 3 is 2.30 bits per heavy atom. The van der Waals surface area contributed by atoms with Crippen molar-refractivity contribution < 1.29 is 17.9 Å². The first-order valence-electron chi connectivity index (χ1n) is 6.29. The van der Waals surface area contributed by atoms with Crippen LogP contribution in [0.25, 0.3) is 0 Å². The number of sulfonamides is 1. The molecule has 0 fully saturated rings. The summed E-state index contributed by atoms with van der Waals surface area (Å²) < 4.78 is 37.3. The molecule has 0 saturated carbocycles. The lowest BCUT2D eigenvalue weighted by atomic mass is 10.2. The van der Waals surface area contributed by atoms with Crippen molar-refractivity contribution in [3.63, 3.8) is 0 Å². The molecule has 3 N–H and O–H groups in total. The van der Waals surface area contributed by atoms with Gasteiger partial charge in [0.1, 0.15) is 0 Å². The van der Waals surface area contributed by atoms with Crippen molar-refractivity contribution in [1.29, 1.82) is 0 Å². The predicted octanol–water partition coefficient (Wildman–Crippen LogP) is 1.03. The molecule has 6 nitrogen and oxygen atoms in total. The zero-order valence-corrected chi connectivity index (χ0v) is 13.1. The van der Waals surface area contributed by atoms with E-state index in [-0.39, 0.29) is 10.9 Å². The van der Waals surface area contributed by atoms with Gasteiger partial charge in [-0.05, 0) is 31.9 Å². The van der Waals surface area contributed by atoms with E-state index < -0.39 is 10.0 Å². The third-order valence-electron chi connectivity index (χ3n) is 2.86. The van der Waals surface area contributed by atoms with Crippen LogP contribution in [-0.4, -0.2) is 35.2 Å². The Labute approximate surface area is 120 Å². The average Bonchev–Trinajstić information content (AvgIpc) is 2.37. The zero-order chi connectivity index (χ0) is 15.3. The summed E-state index contributed by atoms with van der Waals surface area (Å²) in [4.78, 5) is 0.180. The molecule has 1 unspecified atom stereocenters. The average molecular weight is 302 g/mol. The summed E-state index contributed by atoms with van der Waals surface area (Å²) in [5.74, 6) is 0.880. The monoisotopic (exact) mass is 302 g/mol. The summed E-state index contributed by atoms with van der Waals surface area (Å²) in [7, 11) is -0.614. The lowest BCUT2D eigenvalue weighted by molar-refractivity contribution is 0.353.